The van der Waals surface area contributed by atoms with E-state index in [0.717, 1.165) is 0 Å². The summed E-state index contributed by atoms with van der Waals surface area (Å²) in [6, 6.07) is -0.526. The zero-order valence-corrected chi connectivity index (χ0v) is 8.65. The van der Waals surface area contributed by atoms with Gasteiger partial charge in [-0.1, -0.05) is 0 Å². The second-order valence-electron chi connectivity index (χ2n) is 3.91. The monoisotopic (exact) mass is 225 g/mol. The van der Waals surface area contributed by atoms with E-state index in [-0.39, 0.29) is 19.3 Å². The molecule has 0 aromatic rings. The predicted octanol–water partition coefficient (Wildman–Crippen LogP) is 1.62. The minimum Gasteiger partial charge on any atom is -0.469 e. The summed E-state index contributed by atoms with van der Waals surface area (Å²) >= 11 is 0. The van der Waals surface area contributed by atoms with Crippen LogP contribution in [0.4, 0.5) is 13.2 Å². The highest BCUT2D eigenvalue weighted by atomic mass is 19.4. The summed E-state index contributed by atoms with van der Waals surface area (Å²) in [5.41, 5.74) is -1.76. The van der Waals surface area contributed by atoms with Crippen LogP contribution in [-0.2, 0) is 9.53 Å². The van der Waals surface area contributed by atoms with E-state index in [1.54, 1.807) is 6.92 Å². The highest BCUT2D eigenvalue weighted by molar-refractivity contribution is 5.69. The first-order valence-electron chi connectivity index (χ1n) is 4.72. The molecule has 0 aromatic heterocycles. The average molecular weight is 225 g/mol. The second-order valence-corrected chi connectivity index (χ2v) is 3.91. The van der Waals surface area contributed by atoms with Crippen molar-refractivity contribution in [2.75, 3.05) is 7.11 Å². The van der Waals surface area contributed by atoms with Gasteiger partial charge in [0.2, 0.25) is 0 Å². The number of alkyl halides is 3. The molecule has 1 N–H and O–H groups in total. The SMILES string of the molecule is COC(=O)CC(C)NC1(C(F)(F)F)CC1. The molecular weight excluding hydrogens is 211 g/mol. The normalized spacial score (nSPS) is 20.9. The van der Waals surface area contributed by atoms with E-state index in [4.69, 9.17) is 0 Å². The molecule has 1 fully saturated rings. The molecular formula is C9H14F3NO2. The van der Waals surface area contributed by atoms with E-state index in [1.807, 2.05) is 0 Å². The minimum atomic E-state index is -4.24. The second kappa shape index (κ2) is 4.00. The van der Waals surface area contributed by atoms with Crippen LogP contribution in [-0.4, -0.2) is 30.8 Å². The lowest BCUT2D eigenvalue weighted by molar-refractivity contribution is -0.168. The molecule has 88 valence electrons. The molecule has 1 saturated carbocycles. The zero-order chi connectivity index (χ0) is 11.7. The summed E-state index contributed by atoms with van der Waals surface area (Å²) < 4.78 is 41.9. The molecule has 0 heterocycles. The number of halogens is 3. The fourth-order valence-electron chi connectivity index (χ4n) is 1.49. The van der Waals surface area contributed by atoms with Gasteiger partial charge in [0.1, 0.15) is 5.54 Å². The van der Waals surface area contributed by atoms with Crippen LogP contribution in [0.3, 0.4) is 0 Å². The number of ether oxygens (including phenoxy) is 1. The largest absolute Gasteiger partial charge is 0.469 e. The topological polar surface area (TPSA) is 38.3 Å². The Hall–Kier alpha value is -0.780. The third-order valence-corrected chi connectivity index (χ3v) is 2.52. The molecule has 1 aliphatic carbocycles. The number of nitrogens with one attached hydrogen (secondary N) is 1. The van der Waals surface area contributed by atoms with Gasteiger partial charge in [-0.05, 0) is 19.8 Å². The van der Waals surface area contributed by atoms with E-state index in [1.165, 1.54) is 7.11 Å². The van der Waals surface area contributed by atoms with Crippen LogP contribution >= 0.6 is 0 Å². The van der Waals surface area contributed by atoms with Gasteiger partial charge in [0.15, 0.2) is 0 Å². The standard InChI is InChI=1S/C9H14F3NO2/c1-6(5-7(14)15-2)13-8(3-4-8)9(10,11)12/h6,13H,3-5H2,1-2H3. The maximum absolute atomic E-state index is 12.5. The molecule has 15 heavy (non-hydrogen) atoms. The van der Waals surface area contributed by atoms with Gasteiger partial charge in [0.25, 0.3) is 0 Å². The van der Waals surface area contributed by atoms with Crippen LogP contribution in [0.15, 0.2) is 0 Å². The fraction of sp³-hybridized carbons (Fsp3) is 0.889. The number of carbonyl (C=O) groups is 1. The van der Waals surface area contributed by atoms with Gasteiger partial charge in [0.05, 0.1) is 13.5 Å². The van der Waals surface area contributed by atoms with Crippen molar-refractivity contribution in [2.24, 2.45) is 0 Å². The molecule has 0 aliphatic heterocycles. The first-order valence-corrected chi connectivity index (χ1v) is 4.72. The number of hydrogen-bond acceptors (Lipinski definition) is 3. The van der Waals surface area contributed by atoms with Crippen molar-refractivity contribution >= 4 is 5.97 Å². The summed E-state index contributed by atoms with van der Waals surface area (Å²) in [6.07, 6.45) is -4.12. The van der Waals surface area contributed by atoms with Gasteiger partial charge in [-0.2, -0.15) is 13.2 Å². The molecule has 0 radical (unpaired) electrons. The number of esters is 1. The highest BCUT2D eigenvalue weighted by Crippen LogP contribution is 2.49. The molecule has 1 atom stereocenters. The van der Waals surface area contributed by atoms with Crippen molar-refractivity contribution < 1.29 is 22.7 Å². The van der Waals surface area contributed by atoms with Crippen molar-refractivity contribution in [1.82, 2.24) is 5.32 Å². The summed E-state index contributed by atoms with van der Waals surface area (Å²) in [5.74, 6) is -0.507. The summed E-state index contributed by atoms with van der Waals surface area (Å²) in [6.45, 7) is 1.54. The quantitative estimate of drug-likeness (QED) is 0.739. The van der Waals surface area contributed by atoms with Gasteiger partial charge in [0, 0.05) is 6.04 Å². The van der Waals surface area contributed by atoms with Crippen molar-refractivity contribution in [2.45, 2.75) is 43.9 Å². The Kier molecular flexibility index (Phi) is 3.28. The van der Waals surface area contributed by atoms with Crippen molar-refractivity contribution in [1.29, 1.82) is 0 Å². The van der Waals surface area contributed by atoms with E-state index >= 15 is 0 Å². The number of hydrogen-bond donors (Lipinski definition) is 1. The van der Waals surface area contributed by atoms with Crippen LogP contribution in [0.25, 0.3) is 0 Å². The van der Waals surface area contributed by atoms with Crippen LogP contribution in [0.1, 0.15) is 26.2 Å². The van der Waals surface area contributed by atoms with E-state index < -0.39 is 23.7 Å². The fourth-order valence-corrected chi connectivity index (χ4v) is 1.49. The number of methoxy groups -OCH3 is 1. The Bertz CT molecular complexity index is 248. The lowest BCUT2D eigenvalue weighted by Crippen LogP contribution is -2.49. The lowest BCUT2D eigenvalue weighted by Gasteiger charge is -2.24. The maximum atomic E-state index is 12.5. The Morgan fingerprint density at radius 3 is 2.40 bits per heavy atom. The van der Waals surface area contributed by atoms with E-state index in [0.29, 0.717) is 0 Å². The lowest BCUT2D eigenvalue weighted by atomic mass is 10.1. The Labute approximate surface area is 86.0 Å². The van der Waals surface area contributed by atoms with Crippen LogP contribution < -0.4 is 5.32 Å². The average Bonchev–Trinajstić information content (AvgIpc) is 2.83. The molecule has 1 unspecified atom stereocenters. The summed E-state index contributed by atoms with van der Waals surface area (Å²) in [4.78, 5) is 10.8. The highest BCUT2D eigenvalue weighted by Gasteiger charge is 2.63. The van der Waals surface area contributed by atoms with Gasteiger partial charge >= 0.3 is 12.1 Å². The molecule has 0 amide bonds. The third-order valence-electron chi connectivity index (χ3n) is 2.52. The van der Waals surface area contributed by atoms with Crippen LogP contribution in [0.2, 0.25) is 0 Å². The van der Waals surface area contributed by atoms with E-state index in [2.05, 4.69) is 10.1 Å². The molecule has 0 spiro atoms. The van der Waals surface area contributed by atoms with Gasteiger partial charge in [-0.15, -0.1) is 0 Å². The van der Waals surface area contributed by atoms with Crippen molar-refractivity contribution in [3.8, 4) is 0 Å². The van der Waals surface area contributed by atoms with Gasteiger partial charge < -0.3 is 10.1 Å². The number of carbonyl (C=O) groups excluding carboxylic acids is 1. The zero-order valence-electron chi connectivity index (χ0n) is 8.65. The van der Waals surface area contributed by atoms with Gasteiger partial charge in [-0.25, -0.2) is 0 Å². The first-order chi connectivity index (χ1) is 6.81. The summed E-state index contributed by atoms with van der Waals surface area (Å²) in [7, 11) is 1.21. The first kappa shape index (κ1) is 12.3. The van der Waals surface area contributed by atoms with Gasteiger partial charge in [-0.3, -0.25) is 4.79 Å². The summed E-state index contributed by atoms with van der Waals surface area (Å²) in [5, 5.41) is 2.45. The minimum absolute atomic E-state index is 0.0473. The molecule has 1 rings (SSSR count). The molecule has 3 nitrogen and oxygen atoms in total. The molecule has 0 saturated heterocycles. The van der Waals surface area contributed by atoms with E-state index in [9.17, 15) is 18.0 Å². The van der Waals surface area contributed by atoms with Crippen molar-refractivity contribution in [3.63, 3.8) is 0 Å². The van der Waals surface area contributed by atoms with Crippen molar-refractivity contribution in [3.05, 3.63) is 0 Å². The number of rotatable bonds is 4. The Morgan fingerprint density at radius 2 is 2.07 bits per heavy atom. The predicted molar refractivity (Wildman–Crippen MR) is 47.3 cm³/mol. The molecule has 0 aromatic carbocycles. The molecule has 0 bridgehead atoms. The third kappa shape index (κ3) is 2.84. The van der Waals surface area contributed by atoms with Crippen LogP contribution in [0.5, 0.6) is 0 Å². The molecule has 6 heteroatoms. The smallest absolute Gasteiger partial charge is 0.406 e. The Morgan fingerprint density at radius 1 is 1.53 bits per heavy atom. The Balaban J connectivity index is 2.45. The maximum Gasteiger partial charge on any atom is 0.406 e. The van der Waals surface area contributed by atoms with Crippen LogP contribution in [0, 0.1) is 0 Å². The molecule has 1 aliphatic rings.